The van der Waals surface area contributed by atoms with Gasteiger partial charge in [0.1, 0.15) is 11.2 Å². The lowest BCUT2D eigenvalue weighted by Crippen LogP contribution is -2.42. The van der Waals surface area contributed by atoms with Gasteiger partial charge < -0.3 is 5.11 Å². The Morgan fingerprint density at radius 1 is 1.42 bits per heavy atom. The number of rotatable bonds is 5. The number of carbonyl (C=O) groups excluding carboxylic acids is 1. The Kier molecular flexibility index (Phi) is 4.94. The molecule has 1 amide bonds. The van der Waals surface area contributed by atoms with Crippen molar-refractivity contribution in [2.75, 3.05) is 18.6 Å². The van der Waals surface area contributed by atoms with Crippen molar-refractivity contribution in [2.24, 2.45) is 9.98 Å². The molecule has 7 heteroatoms. The highest BCUT2D eigenvalue weighted by molar-refractivity contribution is 6.31. The van der Waals surface area contributed by atoms with Crippen molar-refractivity contribution >= 4 is 24.3 Å². The molecular formula is C17H21N5O2. The number of hydrogen-bond donors (Lipinski definition) is 1. The molecule has 1 aliphatic rings. The number of nitrogens with zero attached hydrogens (tertiary/aromatic N) is 5. The number of hydrazine groups is 1. The lowest BCUT2D eigenvalue weighted by Gasteiger charge is -2.28. The van der Waals surface area contributed by atoms with Crippen molar-refractivity contribution in [2.45, 2.75) is 19.4 Å². The molecule has 0 unspecified atom stereocenters. The van der Waals surface area contributed by atoms with E-state index in [0.29, 0.717) is 22.9 Å². The maximum absolute atomic E-state index is 12.6. The van der Waals surface area contributed by atoms with Gasteiger partial charge in [0, 0.05) is 13.2 Å². The summed E-state index contributed by atoms with van der Waals surface area (Å²) in [5.74, 6) is 0.617. The first-order valence-corrected chi connectivity index (χ1v) is 7.41. The molecule has 0 atom stereocenters. The summed E-state index contributed by atoms with van der Waals surface area (Å²) in [5.41, 5.74) is -0.293. The smallest absolute Gasteiger partial charge is 0.278 e. The normalized spacial score (nSPS) is 18.6. The minimum absolute atomic E-state index is 0.265. The largest absolute Gasteiger partial charge is 0.384 e. The van der Waals surface area contributed by atoms with Crippen LogP contribution in [0, 0.1) is 0 Å². The Labute approximate surface area is 141 Å². The van der Waals surface area contributed by atoms with E-state index >= 15 is 0 Å². The standard InChI is InChI=1S/C17H21N5O2/c1-6-10-21-16(23)12(11-18-4)15(19-5)22(21)14-9-7-8-13(20-14)17(2,3)24/h6-9,11,24H,1,4,10H2,2-3,5H3/b12-11+,19-15+. The number of aliphatic imine (C=N–C) groups is 2. The second-order valence-corrected chi connectivity index (χ2v) is 5.70. The van der Waals surface area contributed by atoms with E-state index < -0.39 is 5.60 Å². The minimum atomic E-state index is -1.10. The number of anilines is 1. The van der Waals surface area contributed by atoms with E-state index in [2.05, 4.69) is 28.3 Å². The number of aliphatic hydroxyl groups is 1. The van der Waals surface area contributed by atoms with Crippen molar-refractivity contribution in [1.82, 2.24) is 9.99 Å². The van der Waals surface area contributed by atoms with Gasteiger partial charge in [0.15, 0.2) is 11.7 Å². The SMILES string of the molecule is C=CCN1C(=O)C(=C/N=C)/C(=N\C)N1c1cccc(C(C)(C)O)n1. The van der Waals surface area contributed by atoms with Crippen molar-refractivity contribution in [3.8, 4) is 0 Å². The van der Waals surface area contributed by atoms with E-state index in [1.54, 1.807) is 50.2 Å². The predicted octanol–water partition coefficient (Wildman–Crippen LogP) is 1.67. The van der Waals surface area contributed by atoms with E-state index in [1.807, 2.05) is 0 Å². The van der Waals surface area contributed by atoms with Gasteiger partial charge in [0.25, 0.3) is 5.91 Å². The molecule has 1 N–H and O–H groups in total. The highest BCUT2D eigenvalue weighted by Crippen LogP contribution is 2.28. The molecule has 0 aromatic carbocycles. The molecule has 1 fully saturated rings. The molecule has 1 saturated heterocycles. The van der Waals surface area contributed by atoms with Crippen LogP contribution in [0.5, 0.6) is 0 Å². The maximum Gasteiger partial charge on any atom is 0.278 e. The number of amides is 1. The van der Waals surface area contributed by atoms with E-state index in [1.165, 1.54) is 11.2 Å². The Hall–Kier alpha value is -2.80. The fraction of sp³-hybridized carbons (Fsp3) is 0.294. The van der Waals surface area contributed by atoms with Gasteiger partial charge >= 0.3 is 0 Å². The molecule has 0 saturated carbocycles. The van der Waals surface area contributed by atoms with Crippen LogP contribution in [0.15, 0.2) is 52.6 Å². The van der Waals surface area contributed by atoms with E-state index in [0.717, 1.165) is 0 Å². The summed E-state index contributed by atoms with van der Waals surface area (Å²) in [6, 6.07) is 5.24. The van der Waals surface area contributed by atoms with Gasteiger partial charge in [-0.25, -0.2) is 15.0 Å². The first kappa shape index (κ1) is 17.6. The van der Waals surface area contributed by atoms with Crippen molar-refractivity contribution < 1.29 is 9.90 Å². The third-order valence-corrected chi connectivity index (χ3v) is 3.46. The quantitative estimate of drug-likeness (QED) is 0.507. The zero-order valence-electron chi connectivity index (χ0n) is 14.1. The van der Waals surface area contributed by atoms with Gasteiger partial charge in [-0.05, 0) is 32.7 Å². The lowest BCUT2D eigenvalue weighted by atomic mass is 10.1. The summed E-state index contributed by atoms with van der Waals surface area (Å²) in [6.45, 7) is 10.7. The van der Waals surface area contributed by atoms with Gasteiger partial charge in [-0.3, -0.25) is 14.8 Å². The second-order valence-electron chi connectivity index (χ2n) is 5.70. The van der Waals surface area contributed by atoms with Crippen LogP contribution in [-0.2, 0) is 10.4 Å². The number of carbonyl (C=O) groups is 1. The summed E-state index contributed by atoms with van der Waals surface area (Å²) in [7, 11) is 1.59. The third kappa shape index (κ3) is 3.11. The zero-order valence-corrected chi connectivity index (χ0v) is 14.1. The first-order chi connectivity index (χ1) is 11.3. The van der Waals surface area contributed by atoms with Crippen LogP contribution in [-0.4, -0.2) is 47.2 Å². The highest BCUT2D eigenvalue weighted by Gasteiger charge is 2.40. The number of hydrogen-bond acceptors (Lipinski definition) is 5. The predicted molar refractivity (Wildman–Crippen MR) is 94.9 cm³/mol. The van der Waals surface area contributed by atoms with Crippen LogP contribution in [0.3, 0.4) is 0 Å². The van der Waals surface area contributed by atoms with Gasteiger partial charge in [0.05, 0.1) is 12.2 Å². The molecule has 0 spiro atoms. The molecule has 24 heavy (non-hydrogen) atoms. The zero-order chi connectivity index (χ0) is 17.9. The second kappa shape index (κ2) is 6.76. The molecule has 0 radical (unpaired) electrons. The molecule has 7 nitrogen and oxygen atoms in total. The topological polar surface area (TPSA) is 81.4 Å². The van der Waals surface area contributed by atoms with E-state index in [9.17, 15) is 9.90 Å². The van der Waals surface area contributed by atoms with E-state index in [-0.39, 0.29) is 12.5 Å². The number of amidine groups is 1. The molecule has 0 bridgehead atoms. The van der Waals surface area contributed by atoms with Gasteiger partial charge in [-0.2, -0.15) is 0 Å². The van der Waals surface area contributed by atoms with Crippen LogP contribution in [0.2, 0.25) is 0 Å². The van der Waals surface area contributed by atoms with Crippen molar-refractivity contribution in [1.29, 1.82) is 0 Å². The van der Waals surface area contributed by atoms with Gasteiger partial charge in [-0.15, -0.1) is 6.58 Å². The summed E-state index contributed by atoms with van der Waals surface area (Å²) in [6.07, 6.45) is 2.99. The molecule has 1 aromatic heterocycles. The Bertz CT molecular complexity index is 731. The van der Waals surface area contributed by atoms with Crippen LogP contribution in [0.4, 0.5) is 5.82 Å². The average molecular weight is 327 g/mol. The Balaban J connectivity index is 2.60. The summed E-state index contributed by atoms with van der Waals surface area (Å²) in [4.78, 5) is 25.0. The van der Waals surface area contributed by atoms with Crippen LogP contribution in [0.25, 0.3) is 0 Å². The summed E-state index contributed by atoms with van der Waals surface area (Å²) < 4.78 is 0. The summed E-state index contributed by atoms with van der Waals surface area (Å²) in [5, 5.41) is 13.2. The monoisotopic (exact) mass is 327 g/mol. The summed E-state index contributed by atoms with van der Waals surface area (Å²) >= 11 is 0. The lowest BCUT2D eigenvalue weighted by molar-refractivity contribution is -0.124. The third-order valence-electron chi connectivity index (χ3n) is 3.46. The number of aromatic nitrogens is 1. The number of pyridine rings is 1. The van der Waals surface area contributed by atoms with Crippen molar-refractivity contribution in [3.63, 3.8) is 0 Å². The van der Waals surface area contributed by atoms with Crippen LogP contribution < -0.4 is 5.01 Å². The average Bonchev–Trinajstić information content (AvgIpc) is 2.80. The molecule has 0 aliphatic carbocycles. The Morgan fingerprint density at radius 3 is 2.67 bits per heavy atom. The first-order valence-electron chi connectivity index (χ1n) is 7.41. The fourth-order valence-electron chi connectivity index (χ4n) is 2.37. The molecule has 2 rings (SSSR count). The molecular weight excluding hydrogens is 306 g/mol. The van der Waals surface area contributed by atoms with E-state index in [4.69, 9.17) is 0 Å². The molecule has 1 aromatic rings. The highest BCUT2D eigenvalue weighted by atomic mass is 16.3. The van der Waals surface area contributed by atoms with Gasteiger partial charge in [-0.1, -0.05) is 12.1 Å². The van der Waals surface area contributed by atoms with Gasteiger partial charge in [0.2, 0.25) is 0 Å². The maximum atomic E-state index is 12.6. The minimum Gasteiger partial charge on any atom is -0.384 e. The van der Waals surface area contributed by atoms with Crippen LogP contribution >= 0.6 is 0 Å². The van der Waals surface area contributed by atoms with Crippen LogP contribution in [0.1, 0.15) is 19.5 Å². The molecule has 2 heterocycles. The fourth-order valence-corrected chi connectivity index (χ4v) is 2.37. The van der Waals surface area contributed by atoms with Crippen molar-refractivity contribution in [3.05, 3.63) is 48.3 Å². The Morgan fingerprint density at radius 2 is 2.12 bits per heavy atom. The molecule has 126 valence electrons. The molecule has 1 aliphatic heterocycles.